The van der Waals surface area contributed by atoms with Crippen LogP contribution in [-0.4, -0.2) is 42.1 Å². The molecule has 0 fully saturated rings. The molecular weight excluding hydrogens is 346 g/mol. The fraction of sp³-hybridized carbons (Fsp3) is 0.238. The Hall–Kier alpha value is -3.28. The number of fused-ring (bicyclic) bond motifs is 1. The quantitative estimate of drug-likeness (QED) is 0.795. The van der Waals surface area contributed by atoms with E-state index in [1.54, 1.807) is 30.2 Å². The van der Waals surface area contributed by atoms with Crippen LogP contribution in [0.4, 0.5) is 0 Å². The first-order valence-corrected chi connectivity index (χ1v) is 8.62. The van der Waals surface area contributed by atoms with Crippen LogP contribution in [0, 0.1) is 0 Å². The lowest BCUT2D eigenvalue weighted by molar-refractivity contribution is -0.139. The van der Waals surface area contributed by atoms with Gasteiger partial charge in [0.15, 0.2) is 6.61 Å². The van der Waals surface area contributed by atoms with E-state index in [1.165, 1.54) is 0 Å². The zero-order valence-corrected chi connectivity index (χ0v) is 15.1. The second kappa shape index (κ2) is 8.40. The van der Waals surface area contributed by atoms with Gasteiger partial charge in [-0.25, -0.2) is 4.79 Å². The lowest BCUT2D eigenvalue weighted by atomic mass is 9.99. The van der Waals surface area contributed by atoms with Crippen LogP contribution in [0.2, 0.25) is 0 Å². The minimum Gasteiger partial charge on any atom is -0.497 e. The monoisotopic (exact) mass is 367 g/mol. The van der Waals surface area contributed by atoms with Crippen molar-refractivity contribution in [3.8, 4) is 11.5 Å². The van der Waals surface area contributed by atoms with Gasteiger partial charge in [0.25, 0.3) is 0 Å². The first kappa shape index (κ1) is 18.5. The molecule has 0 unspecified atom stereocenters. The highest BCUT2D eigenvalue weighted by Gasteiger charge is 2.19. The summed E-state index contributed by atoms with van der Waals surface area (Å²) in [6, 6.07) is 13.0. The van der Waals surface area contributed by atoms with Gasteiger partial charge in [-0.15, -0.1) is 0 Å². The number of benzene rings is 2. The molecule has 140 valence electrons. The highest BCUT2D eigenvalue weighted by atomic mass is 16.5. The number of methoxy groups -OCH3 is 1. The average molecular weight is 367 g/mol. The molecule has 0 saturated heterocycles. The van der Waals surface area contributed by atoms with Gasteiger partial charge >= 0.3 is 5.97 Å². The number of rotatable bonds is 6. The largest absolute Gasteiger partial charge is 0.497 e. The molecule has 6 nitrogen and oxygen atoms in total. The van der Waals surface area contributed by atoms with Crippen molar-refractivity contribution in [2.24, 2.45) is 0 Å². The summed E-state index contributed by atoms with van der Waals surface area (Å²) in [6.07, 6.45) is 4.08. The van der Waals surface area contributed by atoms with Gasteiger partial charge in [0.1, 0.15) is 11.5 Å². The molecule has 0 saturated carbocycles. The molecular formula is C21H21NO5. The van der Waals surface area contributed by atoms with Gasteiger partial charge in [0, 0.05) is 19.2 Å². The number of hydrogen-bond acceptors (Lipinski definition) is 4. The molecule has 0 aliphatic carbocycles. The Kier molecular flexibility index (Phi) is 5.76. The van der Waals surface area contributed by atoms with Crippen LogP contribution in [-0.2, 0) is 22.6 Å². The van der Waals surface area contributed by atoms with Crippen molar-refractivity contribution in [3.05, 3.63) is 65.2 Å². The molecule has 0 atom stereocenters. The van der Waals surface area contributed by atoms with Gasteiger partial charge in [0.2, 0.25) is 5.91 Å². The third kappa shape index (κ3) is 4.88. The zero-order valence-electron chi connectivity index (χ0n) is 15.1. The maximum atomic E-state index is 12.5. The minimum absolute atomic E-state index is 0.0392. The van der Waals surface area contributed by atoms with Gasteiger partial charge in [-0.1, -0.05) is 18.2 Å². The van der Waals surface area contributed by atoms with Crippen molar-refractivity contribution in [3.63, 3.8) is 0 Å². The van der Waals surface area contributed by atoms with Crippen LogP contribution in [0.3, 0.4) is 0 Å². The molecule has 3 rings (SSSR count). The Bertz CT molecular complexity index is 857. The number of ether oxygens (including phenoxy) is 2. The van der Waals surface area contributed by atoms with Crippen LogP contribution in [0.25, 0.3) is 6.08 Å². The van der Waals surface area contributed by atoms with E-state index in [2.05, 4.69) is 0 Å². The topological polar surface area (TPSA) is 76.1 Å². The third-order valence-electron chi connectivity index (χ3n) is 4.40. The molecule has 1 aliphatic heterocycles. The highest BCUT2D eigenvalue weighted by Crippen LogP contribution is 2.24. The second-order valence-electron chi connectivity index (χ2n) is 6.23. The van der Waals surface area contributed by atoms with Gasteiger partial charge in [-0.05, 0) is 53.5 Å². The third-order valence-corrected chi connectivity index (χ3v) is 4.40. The smallest absolute Gasteiger partial charge is 0.341 e. The van der Waals surface area contributed by atoms with Gasteiger partial charge < -0.3 is 19.5 Å². The Labute approximate surface area is 157 Å². The average Bonchev–Trinajstić information content (AvgIpc) is 2.70. The number of hydrogen-bond donors (Lipinski definition) is 1. The number of aliphatic carboxylic acids is 1. The lowest BCUT2D eigenvalue weighted by Gasteiger charge is -2.28. The summed E-state index contributed by atoms with van der Waals surface area (Å²) in [5, 5.41) is 8.69. The molecule has 0 radical (unpaired) electrons. The Morgan fingerprint density at radius 3 is 2.56 bits per heavy atom. The fourth-order valence-corrected chi connectivity index (χ4v) is 2.94. The predicted octanol–water partition coefficient (Wildman–Crippen LogP) is 2.76. The van der Waals surface area contributed by atoms with Crippen molar-refractivity contribution in [2.45, 2.75) is 13.0 Å². The Morgan fingerprint density at radius 2 is 1.85 bits per heavy atom. The number of carbonyl (C=O) groups excluding carboxylic acids is 1. The van der Waals surface area contributed by atoms with Crippen molar-refractivity contribution in [1.29, 1.82) is 0 Å². The standard InChI is InChI=1S/C21H21NO5/c1-26-18-6-2-15(3-7-18)4-9-20(23)22-11-10-16-12-19(27-14-21(24)25)8-5-17(16)13-22/h2-9,12H,10-11,13-14H2,1H3,(H,24,25). The molecule has 1 amide bonds. The summed E-state index contributed by atoms with van der Waals surface area (Å²) >= 11 is 0. The maximum absolute atomic E-state index is 12.5. The number of carboxylic acid groups (broad SMARTS) is 1. The molecule has 0 aromatic heterocycles. The van der Waals surface area contributed by atoms with E-state index in [0.29, 0.717) is 25.3 Å². The van der Waals surface area contributed by atoms with Crippen LogP contribution >= 0.6 is 0 Å². The van der Waals surface area contributed by atoms with Crippen molar-refractivity contribution in [1.82, 2.24) is 4.90 Å². The van der Waals surface area contributed by atoms with Gasteiger partial charge in [-0.2, -0.15) is 0 Å². The molecule has 0 bridgehead atoms. The molecule has 2 aromatic rings. The summed E-state index contributed by atoms with van der Waals surface area (Å²) in [7, 11) is 1.61. The Morgan fingerprint density at radius 1 is 1.11 bits per heavy atom. The molecule has 27 heavy (non-hydrogen) atoms. The molecule has 6 heteroatoms. The summed E-state index contributed by atoms with van der Waals surface area (Å²) in [5.74, 6) is 0.268. The minimum atomic E-state index is -1.01. The van der Waals surface area contributed by atoms with E-state index >= 15 is 0 Å². The van der Waals surface area contributed by atoms with Gasteiger partial charge in [-0.3, -0.25) is 4.79 Å². The Balaban J connectivity index is 1.61. The molecule has 1 heterocycles. The zero-order chi connectivity index (χ0) is 19.2. The SMILES string of the molecule is COc1ccc(C=CC(=O)N2CCc3cc(OCC(=O)O)ccc3C2)cc1. The first-order valence-electron chi connectivity index (χ1n) is 8.62. The normalized spacial score (nSPS) is 13.3. The predicted molar refractivity (Wildman–Crippen MR) is 101 cm³/mol. The number of amides is 1. The number of carbonyl (C=O) groups is 2. The van der Waals surface area contributed by atoms with Crippen LogP contribution in [0.1, 0.15) is 16.7 Å². The van der Waals surface area contributed by atoms with Crippen molar-refractivity contribution in [2.75, 3.05) is 20.3 Å². The lowest BCUT2D eigenvalue weighted by Crippen LogP contribution is -2.34. The van der Waals surface area contributed by atoms with E-state index < -0.39 is 5.97 Å². The molecule has 0 spiro atoms. The number of nitrogens with zero attached hydrogens (tertiary/aromatic N) is 1. The van der Waals surface area contributed by atoms with E-state index in [0.717, 1.165) is 22.4 Å². The van der Waals surface area contributed by atoms with Crippen molar-refractivity contribution >= 4 is 18.0 Å². The van der Waals surface area contributed by atoms with Crippen LogP contribution in [0.5, 0.6) is 11.5 Å². The first-order chi connectivity index (χ1) is 13.0. The van der Waals surface area contributed by atoms with E-state index in [1.807, 2.05) is 36.4 Å². The summed E-state index contributed by atoms with van der Waals surface area (Å²) < 4.78 is 10.3. The number of carboxylic acids is 1. The van der Waals surface area contributed by atoms with Gasteiger partial charge in [0.05, 0.1) is 7.11 Å². The van der Waals surface area contributed by atoms with E-state index in [9.17, 15) is 9.59 Å². The second-order valence-corrected chi connectivity index (χ2v) is 6.23. The maximum Gasteiger partial charge on any atom is 0.341 e. The molecule has 1 aliphatic rings. The molecule has 1 N–H and O–H groups in total. The highest BCUT2D eigenvalue weighted by molar-refractivity contribution is 5.92. The molecule has 2 aromatic carbocycles. The van der Waals surface area contributed by atoms with E-state index in [4.69, 9.17) is 14.6 Å². The summed E-state index contributed by atoms with van der Waals surface area (Å²) in [4.78, 5) is 24.9. The van der Waals surface area contributed by atoms with Crippen molar-refractivity contribution < 1.29 is 24.2 Å². The van der Waals surface area contributed by atoms with Crippen LogP contribution in [0.15, 0.2) is 48.5 Å². The summed E-state index contributed by atoms with van der Waals surface area (Å²) in [5.41, 5.74) is 3.07. The summed E-state index contributed by atoms with van der Waals surface area (Å²) in [6.45, 7) is 0.779. The fourth-order valence-electron chi connectivity index (χ4n) is 2.94. The van der Waals surface area contributed by atoms with E-state index in [-0.39, 0.29) is 12.5 Å². The van der Waals surface area contributed by atoms with Crippen LogP contribution < -0.4 is 9.47 Å².